The highest BCUT2D eigenvalue weighted by atomic mass is 16.5. The molecule has 2 N–H and O–H groups in total. The fourth-order valence-electron chi connectivity index (χ4n) is 2.27. The van der Waals surface area contributed by atoms with Crippen molar-refractivity contribution in [2.45, 2.75) is 63.7 Å². The summed E-state index contributed by atoms with van der Waals surface area (Å²) in [5.41, 5.74) is 0. The third-order valence-electron chi connectivity index (χ3n) is 3.53. The summed E-state index contributed by atoms with van der Waals surface area (Å²) < 4.78 is 10.8. The van der Waals surface area contributed by atoms with Crippen molar-refractivity contribution in [2.75, 3.05) is 26.9 Å². The van der Waals surface area contributed by atoms with Crippen LogP contribution in [0.25, 0.3) is 0 Å². The minimum atomic E-state index is -0.406. The predicted molar refractivity (Wildman–Crippen MR) is 72.8 cm³/mol. The van der Waals surface area contributed by atoms with Gasteiger partial charge in [0.05, 0.1) is 18.8 Å². The second kappa shape index (κ2) is 9.73. The number of rotatable bonds is 9. The molecule has 2 unspecified atom stereocenters. The van der Waals surface area contributed by atoms with Gasteiger partial charge in [-0.25, -0.2) is 0 Å². The molecule has 18 heavy (non-hydrogen) atoms. The van der Waals surface area contributed by atoms with Crippen molar-refractivity contribution >= 4 is 0 Å². The maximum absolute atomic E-state index is 9.84. The number of aliphatic hydroxyl groups is 1. The molecule has 108 valence electrons. The molecule has 2 atom stereocenters. The van der Waals surface area contributed by atoms with Gasteiger partial charge in [0.1, 0.15) is 0 Å². The van der Waals surface area contributed by atoms with Gasteiger partial charge in [-0.2, -0.15) is 0 Å². The Bertz CT molecular complexity index is 195. The molecule has 0 spiro atoms. The fourth-order valence-corrected chi connectivity index (χ4v) is 2.27. The zero-order chi connectivity index (χ0) is 13.2. The van der Waals surface area contributed by atoms with Crippen LogP contribution in [-0.4, -0.2) is 50.2 Å². The molecule has 1 rings (SSSR count). The maximum Gasteiger partial charge on any atom is 0.0897 e. The smallest absolute Gasteiger partial charge is 0.0897 e. The van der Waals surface area contributed by atoms with Gasteiger partial charge in [-0.05, 0) is 26.2 Å². The highest BCUT2D eigenvalue weighted by molar-refractivity contribution is 4.68. The largest absolute Gasteiger partial charge is 0.389 e. The second-order valence-electron chi connectivity index (χ2n) is 5.34. The lowest BCUT2D eigenvalue weighted by Gasteiger charge is -2.24. The van der Waals surface area contributed by atoms with Crippen LogP contribution in [0.4, 0.5) is 0 Å². The van der Waals surface area contributed by atoms with Crippen LogP contribution in [0.3, 0.4) is 0 Å². The molecule has 0 heterocycles. The molecule has 4 nitrogen and oxygen atoms in total. The zero-order valence-corrected chi connectivity index (χ0v) is 11.9. The lowest BCUT2D eigenvalue weighted by Crippen LogP contribution is -2.37. The van der Waals surface area contributed by atoms with Gasteiger partial charge < -0.3 is 19.9 Å². The standard InChI is InChI=1S/C14H29NO3/c1-12(8-9-17-2)15-10-13(16)11-18-14-6-4-3-5-7-14/h12-16H,3-11H2,1-2H3. The minimum absolute atomic E-state index is 0.370. The van der Waals surface area contributed by atoms with Crippen molar-refractivity contribution in [1.29, 1.82) is 0 Å². The number of methoxy groups -OCH3 is 1. The molecule has 1 aliphatic carbocycles. The summed E-state index contributed by atoms with van der Waals surface area (Å²) in [5.74, 6) is 0. The van der Waals surface area contributed by atoms with Gasteiger partial charge in [-0.3, -0.25) is 0 Å². The molecule has 0 aromatic heterocycles. The quantitative estimate of drug-likeness (QED) is 0.662. The average molecular weight is 259 g/mol. The third kappa shape index (κ3) is 7.31. The van der Waals surface area contributed by atoms with Crippen molar-refractivity contribution in [3.05, 3.63) is 0 Å². The van der Waals surface area contributed by atoms with Crippen LogP contribution in [0.15, 0.2) is 0 Å². The van der Waals surface area contributed by atoms with E-state index < -0.39 is 6.10 Å². The van der Waals surface area contributed by atoms with Crippen LogP contribution >= 0.6 is 0 Å². The molecule has 0 aromatic carbocycles. The predicted octanol–water partition coefficient (Wildman–Crippen LogP) is 1.71. The Balaban J connectivity index is 2.00. The first-order chi connectivity index (χ1) is 8.72. The summed E-state index contributed by atoms with van der Waals surface area (Å²) in [6.45, 7) is 3.91. The van der Waals surface area contributed by atoms with Gasteiger partial charge in [0.25, 0.3) is 0 Å². The number of aliphatic hydroxyl groups excluding tert-OH is 1. The molecular formula is C14H29NO3. The van der Waals surface area contributed by atoms with E-state index in [-0.39, 0.29) is 0 Å². The summed E-state index contributed by atoms with van der Waals surface area (Å²) in [5, 5.41) is 13.1. The Morgan fingerprint density at radius 1 is 1.28 bits per heavy atom. The lowest BCUT2D eigenvalue weighted by atomic mass is 9.98. The van der Waals surface area contributed by atoms with Crippen molar-refractivity contribution < 1.29 is 14.6 Å². The van der Waals surface area contributed by atoms with Crippen LogP contribution in [0.5, 0.6) is 0 Å². The summed E-state index contributed by atoms with van der Waals surface area (Å²) in [6, 6.07) is 0.370. The molecule has 1 aliphatic rings. The summed E-state index contributed by atoms with van der Waals surface area (Å²) in [7, 11) is 1.71. The van der Waals surface area contributed by atoms with Gasteiger partial charge in [0, 0.05) is 26.3 Å². The molecule has 0 radical (unpaired) electrons. The molecule has 1 saturated carbocycles. The van der Waals surface area contributed by atoms with E-state index in [2.05, 4.69) is 12.2 Å². The van der Waals surface area contributed by atoms with E-state index in [1.54, 1.807) is 7.11 Å². The van der Waals surface area contributed by atoms with Crippen molar-refractivity contribution in [1.82, 2.24) is 5.32 Å². The van der Waals surface area contributed by atoms with Crippen LogP contribution in [0.1, 0.15) is 45.4 Å². The van der Waals surface area contributed by atoms with Crippen molar-refractivity contribution in [3.8, 4) is 0 Å². The van der Waals surface area contributed by atoms with E-state index in [4.69, 9.17) is 9.47 Å². The topological polar surface area (TPSA) is 50.7 Å². The Morgan fingerprint density at radius 2 is 2.00 bits per heavy atom. The fraction of sp³-hybridized carbons (Fsp3) is 1.00. The first kappa shape index (κ1) is 15.9. The first-order valence-corrected chi connectivity index (χ1v) is 7.24. The van der Waals surface area contributed by atoms with Gasteiger partial charge in [0.15, 0.2) is 0 Å². The van der Waals surface area contributed by atoms with Crippen LogP contribution in [-0.2, 0) is 9.47 Å². The molecule has 0 bridgehead atoms. The molecular weight excluding hydrogens is 230 g/mol. The first-order valence-electron chi connectivity index (χ1n) is 7.24. The molecule has 4 heteroatoms. The summed E-state index contributed by atoms with van der Waals surface area (Å²) >= 11 is 0. The van der Waals surface area contributed by atoms with Crippen LogP contribution in [0, 0.1) is 0 Å². The van der Waals surface area contributed by atoms with Crippen LogP contribution in [0.2, 0.25) is 0 Å². The summed E-state index contributed by atoms with van der Waals surface area (Å²) in [6.07, 6.45) is 7.12. The highest BCUT2D eigenvalue weighted by Gasteiger charge is 2.15. The summed E-state index contributed by atoms with van der Waals surface area (Å²) in [4.78, 5) is 0. The second-order valence-corrected chi connectivity index (χ2v) is 5.34. The Hall–Kier alpha value is -0.160. The van der Waals surface area contributed by atoms with Crippen LogP contribution < -0.4 is 5.32 Å². The van der Waals surface area contributed by atoms with E-state index in [0.29, 0.717) is 25.3 Å². The van der Waals surface area contributed by atoms with E-state index in [0.717, 1.165) is 25.9 Å². The van der Waals surface area contributed by atoms with Gasteiger partial charge >= 0.3 is 0 Å². The minimum Gasteiger partial charge on any atom is -0.389 e. The molecule has 0 amide bonds. The Labute approximate surface area is 111 Å². The maximum atomic E-state index is 9.84. The number of hydrogen-bond acceptors (Lipinski definition) is 4. The highest BCUT2D eigenvalue weighted by Crippen LogP contribution is 2.20. The molecule has 1 fully saturated rings. The van der Waals surface area contributed by atoms with Crippen molar-refractivity contribution in [2.24, 2.45) is 0 Å². The SMILES string of the molecule is COCCC(C)NCC(O)COC1CCCCC1. The normalized spacial score (nSPS) is 20.8. The Morgan fingerprint density at radius 3 is 2.67 bits per heavy atom. The number of nitrogens with one attached hydrogen (secondary N) is 1. The lowest BCUT2D eigenvalue weighted by molar-refractivity contribution is -0.0236. The molecule has 0 aromatic rings. The molecule has 0 aliphatic heterocycles. The van der Waals surface area contributed by atoms with E-state index >= 15 is 0 Å². The van der Waals surface area contributed by atoms with E-state index in [1.807, 2.05) is 0 Å². The van der Waals surface area contributed by atoms with Gasteiger partial charge in [-0.15, -0.1) is 0 Å². The van der Waals surface area contributed by atoms with Gasteiger partial charge in [-0.1, -0.05) is 19.3 Å². The van der Waals surface area contributed by atoms with Gasteiger partial charge in [0.2, 0.25) is 0 Å². The van der Waals surface area contributed by atoms with E-state index in [9.17, 15) is 5.11 Å². The van der Waals surface area contributed by atoms with E-state index in [1.165, 1.54) is 19.3 Å². The zero-order valence-electron chi connectivity index (χ0n) is 11.9. The third-order valence-corrected chi connectivity index (χ3v) is 3.53. The number of hydrogen-bond donors (Lipinski definition) is 2. The number of ether oxygens (including phenoxy) is 2. The van der Waals surface area contributed by atoms with Crippen molar-refractivity contribution in [3.63, 3.8) is 0 Å². The average Bonchev–Trinajstić information content (AvgIpc) is 2.41. The molecule has 0 saturated heterocycles. The monoisotopic (exact) mass is 259 g/mol. The Kier molecular flexibility index (Phi) is 8.59.